The molecule has 0 bridgehead atoms. The molecule has 18 heavy (non-hydrogen) atoms. The zero-order valence-electron chi connectivity index (χ0n) is 10.4. The summed E-state index contributed by atoms with van der Waals surface area (Å²) in [5, 5.41) is 13.7. The van der Waals surface area contributed by atoms with Gasteiger partial charge in [-0.3, -0.25) is 10.1 Å². The van der Waals surface area contributed by atoms with E-state index in [1.165, 1.54) is 25.0 Å². The highest BCUT2D eigenvalue weighted by atomic mass is 19.1. The molecule has 0 aliphatic heterocycles. The topological polar surface area (TPSA) is 55.2 Å². The number of nitro benzene ring substituents is 1. The fourth-order valence-electron chi connectivity index (χ4n) is 2.08. The average molecular weight is 252 g/mol. The lowest BCUT2D eigenvalue weighted by atomic mass is 10.1. The molecule has 5 heteroatoms. The van der Waals surface area contributed by atoms with Crippen molar-refractivity contribution in [3.8, 4) is 0 Å². The molecular formula is C13H17FN2O2. The Labute approximate surface area is 105 Å². The van der Waals surface area contributed by atoms with Crippen LogP contribution in [-0.4, -0.2) is 11.5 Å². The second-order valence-electron chi connectivity index (χ2n) is 4.99. The molecule has 0 spiro atoms. The summed E-state index contributed by atoms with van der Waals surface area (Å²) in [4.78, 5) is 9.76. The maximum absolute atomic E-state index is 13.4. The highest BCUT2D eigenvalue weighted by Gasteiger charge is 2.27. The van der Waals surface area contributed by atoms with Gasteiger partial charge in [-0.15, -0.1) is 0 Å². The molecule has 1 aromatic rings. The second kappa shape index (κ2) is 5.44. The minimum Gasteiger partial charge on any atom is -0.312 e. The summed E-state index contributed by atoms with van der Waals surface area (Å²) in [6.07, 6.45) is 2.63. The van der Waals surface area contributed by atoms with Crippen LogP contribution in [0.25, 0.3) is 0 Å². The Balaban J connectivity index is 1.85. The zero-order chi connectivity index (χ0) is 13.1. The first-order chi connectivity index (χ1) is 8.58. The van der Waals surface area contributed by atoms with Crippen LogP contribution in [0.2, 0.25) is 0 Å². The quantitative estimate of drug-likeness (QED) is 0.625. The van der Waals surface area contributed by atoms with E-state index < -0.39 is 16.4 Å². The molecule has 98 valence electrons. The molecule has 0 amide bonds. The zero-order valence-corrected chi connectivity index (χ0v) is 10.4. The molecule has 0 heterocycles. The smallest absolute Gasteiger partial charge is 0.304 e. The van der Waals surface area contributed by atoms with Gasteiger partial charge in [-0.1, -0.05) is 13.0 Å². The van der Waals surface area contributed by atoms with Gasteiger partial charge in [-0.25, -0.2) is 0 Å². The van der Waals surface area contributed by atoms with E-state index in [-0.39, 0.29) is 0 Å². The second-order valence-corrected chi connectivity index (χ2v) is 4.99. The van der Waals surface area contributed by atoms with Crippen LogP contribution in [0.5, 0.6) is 0 Å². The molecule has 1 aromatic carbocycles. The fraction of sp³-hybridized carbons (Fsp3) is 0.538. The molecular weight excluding hydrogens is 235 g/mol. The van der Waals surface area contributed by atoms with E-state index in [1.807, 2.05) is 0 Å². The molecule has 1 fully saturated rings. The number of hydrogen-bond donors (Lipinski definition) is 1. The van der Waals surface area contributed by atoms with Crippen molar-refractivity contribution < 1.29 is 9.31 Å². The summed E-state index contributed by atoms with van der Waals surface area (Å²) >= 11 is 0. The van der Waals surface area contributed by atoms with Crippen molar-refractivity contribution in [2.24, 2.45) is 11.8 Å². The van der Waals surface area contributed by atoms with Crippen LogP contribution in [0, 0.1) is 27.8 Å². The van der Waals surface area contributed by atoms with Gasteiger partial charge in [0.05, 0.1) is 4.92 Å². The van der Waals surface area contributed by atoms with Crippen molar-refractivity contribution >= 4 is 5.69 Å². The maximum atomic E-state index is 13.4. The lowest BCUT2D eigenvalue weighted by Crippen LogP contribution is -2.21. The first-order valence-electron chi connectivity index (χ1n) is 6.21. The van der Waals surface area contributed by atoms with Crippen LogP contribution in [0.15, 0.2) is 18.2 Å². The van der Waals surface area contributed by atoms with Crippen LogP contribution < -0.4 is 5.32 Å². The summed E-state index contributed by atoms with van der Waals surface area (Å²) in [6, 6.07) is 4.04. The summed E-state index contributed by atoms with van der Waals surface area (Å²) in [7, 11) is 0. The third-order valence-electron chi connectivity index (χ3n) is 3.43. The average Bonchev–Trinajstić information content (AvgIpc) is 3.12. The Kier molecular flexibility index (Phi) is 3.91. The van der Waals surface area contributed by atoms with E-state index in [0.717, 1.165) is 18.0 Å². The molecule has 0 aromatic heterocycles. The predicted octanol–water partition coefficient (Wildman–Crippen LogP) is 2.87. The minimum absolute atomic E-state index is 0.468. The molecule has 4 nitrogen and oxygen atoms in total. The van der Waals surface area contributed by atoms with Crippen LogP contribution in [-0.2, 0) is 6.54 Å². The highest BCUT2D eigenvalue weighted by molar-refractivity contribution is 5.34. The normalized spacial score (nSPS) is 16.6. The molecule has 1 N–H and O–H groups in total. The lowest BCUT2D eigenvalue weighted by molar-refractivity contribution is -0.387. The van der Waals surface area contributed by atoms with Gasteiger partial charge in [0, 0.05) is 12.6 Å². The number of nitrogens with zero attached hydrogens (tertiary/aromatic N) is 1. The molecule has 1 aliphatic carbocycles. The van der Waals surface area contributed by atoms with Crippen LogP contribution in [0.1, 0.15) is 25.3 Å². The van der Waals surface area contributed by atoms with Crippen molar-refractivity contribution in [1.82, 2.24) is 5.32 Å². The summed E-state index contributed by atoms with van der Waals surface area (Å²) in [6.45, 7) is 3.66. The summed E-state index contributed by atoms with van der Waals surface area (Å²) in [5.41, 5.74) is 0.270. The number of nitrogens with one attached hydrogen (secondary N) is 1. The Bertz CT molecular complexity index is 447. The van der Waals surface area contributed by atoms with E-state index in [1.54, 1.807) is 6.07 Å². The standard InChI is InChI=1S/C13H17FN2O2/c1-9(11-3-4-11)7-15-8-10-2-5-13(16(17)18)12(14)6-10/h2,5-6,9,11,15H,3-4,7-8H2,1H3. The third-order valence-corrected chi connectivity index (χ3v) is 3.43. The summed E-state index contributed by atoms with van der Waals surface area (Å²) in [5.74, 6) is 0.716. The van der Waals surface area contributed by atoms with Crippen molar-refractivity contribution in [2.45, 2.75) is 26.3 Å². The molecule has 0 saturated heterocycles. The van der Waals surface area contributed by atoms with Gasteiger partial charge in [0.25, 0.3) is 0 Å². The van der Waals surface area contributed by atoms with Gasteiger partial charge in [0.2, 0.25) is 5.82 Å². The summed E-state index contributed by atoms with van der Waals surface area (Å²) < 4.78 is 13.4. The molecule has 0 radical (unpaired) electrons. The number of hydrogen-bond acceptors (Lipinski definition) is 3. The van der Waals surface area contributed by atoms with E-state index in [0.29, 0.717) is 12.5 Å². The minimum atomic E-state index is -0.769. The van der Waals surface area contributed by atoms with Crippen molar-refractivity contribution in [3.63, 3.8) is 0 Å². The Morgan fingerprint density at radius 1 is 1.56 bits per heavy atom. The van der Waals surface area contributed by atoms with Gasteiger partial charge in [-0.2, -0.15) is 4.39 Å². The number of rotatable bonds is 6. The van der Waals surface area contributed by atoms with Gasteiger partial charge in [-0.05, 0) is 42.9 Å². The molecule has 1 unspecified atom stereocenters. The Morgan fingerprint density at radius 3 is 2.83 bits per heavy atom. The number of halogens is 1. The lowest BCUT2D eigenvalue weighted by Gasteiger charge is -2.11. The number of benzene rings is 1. The highest BCUT2D eigenvalue weighted by Crippen LogP contribution is 2.36. The van der Waals surface area contributed by atoms with Crippen molar-refractivity contribution in [2.75, 3.05) is 6.54 Å². The van der Waals surface area contributed by atoms with E-state index in [4.69, 9.17) is 0 Å². The third kappa shape index (κ3) is 3.26. The van der Waals surface area contributed by atoms with Crippen LogP contribution >= 0.6 is 0 Å². The molecule has 1 aliphatic rings. The van der Waals surface area contributed by atoms with Gasteiger partial charge >= 0.3 is 5.69 Å². The number of nitro groups is 1. The van der Waals surface area contributed by atoms with Crippen LogP contribution in [0.3, 0.4) is 0 Å². The first kappa shape index (κ1) is 13.0. The first-order valence-corrected chi connectivity index (χ1v) is 6.21. The van der Waals surface area contributed by atoms with Gasteiger partial charge in [0.1, 0.15) is 0 Å². The van der Waals surface area contributed by atoms with E-state index in [2.05, 4.69) is 12.2 Å². The maximum Gasteiger partial charge on any atom is 0.304 e. The van der Waals surface area contributed by atoms with Crippen molar-refractivity contribution in [3.05, 3.63) is 39.7 Å². The largest absolute Gasteiger partial charge is 0.312 e. The monoisotopic (exact) mass is 252 g/mol. The molecule has 1 atom stereocenters. The van der Waals surface area contributed by atoms with E-state index in [9.17, 15) is 14.5 Å². The fourth-order valence-corrected chi connectivity index (χ4v) is 2.08. The van der Waals surface area contributed by atoms with Gasteiger partial charge < -0.3 is 5.32 Å². The molecule has 2 rings (SSSR count). The Morgan fingerprint density at radius 2 is 2.28 bits per heavy atom. The Hall–Kier alpha value is -1.49. The predicted molar refractivity (Wildman–Crippen MR) is 66.6 cm³/mol. The SMILES string of the molecule is CC(CNCc1ccc([N+](=O)[O-])c(F)c1)C1CC1. The van der Waals surface area contributed by atoms with E-state index >= 15 is 0 Å². The van der Waals surface area contributed by atoms with Crippen LogP contribution in [0.4, 0.5) is 10.1 Å². The molecule has 1 saturated carbocycles. The van der Waals surface area contributed by atoms with Crippen molar-refractivity contribution in [1.29, 1.82) is 0 Å². The van der Waals surface area contributed by atoms with Gasteiger partial charge in [0.15, 0.2) is 0 Å².